The predicted molar refractivity (Wildman–Crippen MR) is 118 cm³/mol. The SMILES string of the molecule is CC(C)CC(N)C(=O)NC(CCCN=C(N)N)C(=O)NC(C(=O)NC(C)C(=O)O)C(C)O. The monoisotopic (exact) mass is 459 g/mol. The van der Waals surface area contributed by atoms with Crippen molar-refractivity contribution < 1.29 is 29.4 Å². The van der Waals surface area contributed by atoms with Crippen molar-refractivity contribution in [2.75, 3.05) is 6.54 Å². The molecule has 0 aromatic carbocycles. The highest BCUT2D eigenvalue weighted by molar-refractivity contribution is 5.94. The normalized spacial score (nSPS) is 15.6. The quantitative estimate of drug-likeness (QED) is 0.0768. The average molecular weight is 460 g/mol. The lowest BCUT2D eigenvalue weighted by Crippen LogP contribution is -2.59. The van der Waals surface area contributed by atoms with Gasteiger partial charge in [0.05, 0.1) is 12.1 Å². The van der Waals surface area contributed by atoms with Gasteiger partial charge in [-0.05, 0) is 39.0 Å². The summed E-state index contributed by atoms with van der Waals surface area (Å²) in [4.78, 5) is 52.4. The molecule has 0 heterocycles. The van der Waals surface area contributed by atoms with Crippen molar-refractivity contribution in [3.05, 3.63) is 0 Å². The van der Waals surface area contributed by atoms with Crippen LogP contribution in [0, 0.1) is 5.92 Å². The third kappa shape index (κ3) is 11.5. The van der Waals surface area contributed by atoms with Crippen molar-refractivity contribution in [3.63, 3.8) is 0 Å². The zero-order valence-corrected chi connectivity index (χ0v) is 19.0. The molecule has 13 heteroatoms. The summed E-state index contributed by atoms with van der Waals surface area (Å²) in [7, 11) is 0. The van der Waals surface area contributed by atoms with Crippen LogP contribution in [0.25, 0.3) is 0 Å². The molecule has 0 aliphatic rings. The minimum atomic E-state index is -1.44. The first-order chi connectivity index (χ1) is 14.8. The van der Waals surface area contributed by atoms with E-state index in [1.54, 1.807) is 0 Å². The Morgan fingerprint density at radius 3 is 2.00 bits per heavy atom. The number of aliphatic imine (C=N–C) groups is 1. The summed E-state index contributed by atoms with van der Waals surface area (Å²) in [5.41, 5.74) is 16.4. The predicted octanol–water partition coefficient (Wildman–Crippen LogP) is -2.65. The van der Waals surface area contributed by atoms with Crippen molar-refractivity contribution in [3.8, 4) is 0 Å². The van der Waals surface area contributed by atoms with E-state index in [4.69, 9.17) is 22.3 Å². The summed E-state index contributed by atoms with van der Waals surface area (Å²) in [6, 6.07) is -4.59. The number of aliphatic carboxylic acids is 1. The van der Waals surface area contributed by atoms with Gasteiger partial charge in [0.1, 0.15) is 18.1 Å². The molecule has 5 unspecified atom stereocenters. The third-order valence-electron chi connectivity index (χ3n) is 4.43. The number of nitrogens with zero attached hydrogens (tertiary/aromatic N) is 1. The molecule has 11 N–H and O–H groups in total. The number of hydrogen-bond donors (Lipinski definition) is 8. The van der Waals surface area contributed by atoms with E-state index in [1.807, 2.05) is 13.8 Å². The number of aliphatic hydroxyl groups excluding tert-OH is 1. The Bertz CT molecular complexity index is 679. The molecule has 0 saturated carbocycles. The number of guanidine groups is 1. The number of rotatable bonds is 14. The van der Waals surface area contributed by atoms with Gasteiger partial charge in [-0.1, -0.05) is 13.8 Å². The van der Waals surface area contributed by atoms with E-state index in [0.717, 1.165) is 0 Å². The molecule has 0 saturated heterocycles. The number of carbonyl (C=O) groups is 4. The van der Waals surface area contributed by atoms with E-state index in [2.05, 4.69) is 20.9 Å². The molecule has 0 spiro atoms. The Hall–Kier alpha value is -2.93. The van der Waals surface area contributed by atoms with Crippen molar-refractivity contribution in [1.29, 1.82) is 0 Å². The smallest absolute Gasteiger partial charge is 0.325 e. The highest BCUT2D eigenvalue weighted by Gasteiger charge is 2.31. The fourth-order valence-electron chi connectivity index (χ4n) is 2.69. The molecule has 3 amide bonds. The minimum Gasteiger partial charge on any atom is -0.480 e. The number of aliphatic hydroxyl groups is 1. The lowest BCUT2D eigenvalue weighted by molar-refractivity contribution is -0.142. The number of amides is 3. The lowest BCUT2D eigenvalue weighted by Gasteiger charge is -2.26. The highest BCUT2D eigenvalue weighted by Crippen LogP contribution is 2.06. The average Bonchev–Trinajstić information content (AvgIpc) is 2.66. The first-order valence-electron chi connectivity index (χ1n) is 10.4. The van der Waals surface area contributed by atoms with Crippen LogP contribution in [0.3, 0.4) is 0 Å². The zero-order chi connectivity index (χ0) is 25.0. The fraction of sp³-hybridized carbons (Fsp3) is 0.737. The standard InChI is InChI=1S/C19H37N7O6/c1-9(2)8-12(20)15(28)25-13(6-5-7-23-19(21)22)16(29)26-14(11(4)27)17(30)24-10(3)18(31)32/h9-14,27H,5-8,20H2,1-4H3,(H,24,30)(H,25,28)(H,26,29)(H,31,32)(H4,21,22,23). The molecule has 0 aromatic heterocycles. The lowest BCUT2D eigenvalue weighted by atomic mass is 10.0. The van der Waals surface area contributed by atoms with Gasteiger partial charge in [0.25, 0.3) is 0 Å². The molecule has 184 valence electrons. The number of nitrogens with one attached hydrogen (secondary N) is 3. The van der Waals surface area contributed by atoms with Gasteiger partial charge in [-0.3, -0.25) is 24.2 Å². The number of nitrogens with two attached hydrogens (primary N) is 3. The number of carbonyl (C=O) groups excluding carboxylic acids is 3. The Morgan fingerprint density at radius 1 is 0.938 bits per heavy atom. The Morgan fingerprint density at radius 2 is 1.53 bits per heavy atom. The van der Waals surface area contributed by atoms with Gasteiger partial charge in [-0.2, -0.15) is 0 Å². The van der Waals surface area contributed by atoms with Gasteiger partial charge in [0.15, 0.2) is 5.96 Å². The molecule has 0 rings (SSSR count). The first kappa shape index (κ1) is 29.1. The van der Waals surface area contributed by atoms with E-state index < -0.39 is 54.0 Å². The Balaban J connectivity index is 5.38. The fourth-order valence-corrected chi connectivity index (χ4v) is 2.69. The summed E-state index contributed by atoms with van der Waals surface area (Å²) >= 11 is 0. The number of carboxylic acid groups (broad SMARTS) is 1. The van der Waals surface area contributed by atoms with Gasteiger partial charge in [0, 0.05) is 6.54 Å². The molecular formula is C19H37N7O6. The molecular weight excluding hydrogens is 422 g/mol. The molecule has 13 nitrogen and oxygen atoms in total. The topological polar surface area (TPSA) is 235 Å². The van der Waals surface area contributed by atoms with E-state index in [-0.39, 0.29) is 24.8 Å². The maximum Gasteiger partial charge on any atom is 0.325 e. The van der Waals surface area contributed by atoms with Crippen LogP contribution in [0.5, 0.6) is 0 Å². The van der Waals surface area contributed by atoms with Gasteiger partial charge >= 0.3 is 5.97 Å². The first-order valence-corrected chi connectivity index (χ1v) is 10.4. The molecule has 5 atom stereocenters. The summed E-state index contributed by atoms with van der Waals surface area (Å²) in [5, 5.41) is 26.0. The van der Waals surface area contributed by atoms with Crippen molar-refractivity contribution in [2.45, 2.75) is 77.2 Å². The second-order valence-electron chi connectivity index (χ2n) is 8.04. The van der Waals surface area contributed by atoms with E-state index in [9.17, 15) is 24.3 Å². The van der Waals surface area contributed by atoms with Crippen LogP contribution < -0.4 is 33.2 Å². The Labute approximate surface area is 187 Å². The molecule has 0 bridgehead atoms. The number of hydrogen-bond acceptors (Lipinski definition) is 7. The van der Waals surface area contributed by atoms with Crippen LogP contribution in [0.2, 0.25) is 0 Å². The van der Waals surface area contributed by atoms with Gasteiger partial charge in [0.2, 0.25) is 17.7 Å². The maximum atomic E-state index is 12.8. The number of carboxylic acids is 1. The third-order valence-corrected chi connectivity index (χ3v) is 4.43. The van der Waals surface area contributed by atoms with E-state index in [0.29, 0.717) is 12.8 Å². The summed E-state index contributed by atoms with van der Waals surface area (Å²) in [5.74, 6) is -3.41. The van der Waals surface area contributed by atoms with Crippen molar-refractivity contribution in [2.24, 2.45) is 28.1 Å². The van der Waals surface area contributed by atoms with Crippen LogP contribution in [-0.2, 0) is 19.2 Å². The molecule has 0 fully saturated rings. The molecule has 0 aliphatic heterocycles. The second kappa shape index (κ2) is 14.2. The molecule has 0 aromatic rings. The van der Waals surface area contributed by atoms with Crippen LogP contribution in [0.15, 0.2) is 4.99 Å². The van der Waals surface area contributed by atoms with Crippen LogP contribution >= 0.6 is 0 Å². The molecule has 0 aliphatic carbocycles. The van der Waals surface area contributed by atoms with Gasteiger partial charge in [-0.15, -0.1) is 0 Å². The van der Waals surface area contributed by atoms with E-state index in [1.165, 1.54) is 13.8 Å². The van der Waals surface area contributed by atoms with Crippen molar-refractivity contribution in [1.82, 2.24) is 16.0 Å². The summed E-state index contributed by atoms with van der Waals surface area (Å²) in [6.45, 7) is 6.51. The minimum absolute atomic E-state index is 0.118. The van der Waals surface area contributed by atoms with Crippen LogP contribution in [-0.4, -0.2) is 76.7 Å². The Kier molecular flexibility index (Phi) is 12.9. The van der Waals surface area contributed by atoms with E-state index >= 15 is 0 Å². The van der Waals surface area contributed by atoms with Gasteiger partial charge < -0.3 is 43.4 Å². The van der Waals surface area contributed by atoms with Crippen LogP contribution in [0.1, 0.15) is 47.0 Å². The molecule has 32 heavy (non-hydrogen) atoms. The maximum absolute atomic E-state index is 12.8. The molecule has 0 radical (unpaired) electrons. The highest BCUT2D eigenvalue weighted by atomic mass is 16.4. The van der Waals surface area contributed by atoms with Gasteiger partial charge in [-0.25, -0.2) is 0 Å². The van der Waals surface area contributed by atoms with Crippen LogP contribution in [0.4, 0.5) is 0 Å². The summed E-state index contributed by atoms with van der Waals surface area (Å²) < 4.78 is 0. The summed E-state index contributed by atoms with van der Waals surface area (Å²) in [6.07, 6.45) is -0.472. The van der Waals surface area contributed by atoms with Crippen molar-refractivity contribution >= 4 is 29.7 Å². The largest absolute Gasteiger partial charge is 0.480 e. The second-order valence-corrected chi connectivity index (χ2v) is 8.04. The zero-order valence-electron chi connectivity index (χ0n) is 19.0.